The number of nitrogens with zero attached hydrogens (tertiary/aromatic N) is 3. The fourth-order valence-corrected chi connectivity index (χ4v) is 3.34. The van der Waals surface area contributed by atoms with E-state index in [4.69, 9.17) is 0 Å². The van der Waals surface area contributed by atoms with Crippen molar-refractivity contribution < 1.29 is 9.18 Å². The van der Waals surface area contributed by atoms with Crippen molar-refractivity contribution in [1.29, 1.82) is 0 Å². The molecule has 2 aromatic heterocycles. The third kappa shape index (κ3) is 2.71. The molecule has 1 amide bonds. The quantitative estimate of drug-likeness (QED) is 0.765. The summed E-state index contributed by atoms with van der Waals surface area (Å²) in [7, 11) is 1.98. The zero-order valence-corrected chi connectivity index (χ0v) is 13.8. The van der Waals surface area contributed by atoms with E-state index in [0.717, 1.165) is 34.4 Å². The monoisotopic (exact) mass is 339 g/mol. The van der Waals surface area contributed by atoms with Gasteiger partial charge in [0.15, 0.2) is 0 Å². The Morgan fingerprint density at radius 1 is 1.40 bits per heavy atom. The number of aryl methyl sites for hydroxylation is 1. The summed E-state index contributed by atoms with van der Waals surface area (Å²) in [6, 6.07) is 5.61. The van der Waals surface area contributed by atoms with Crippen LogP contribution in [0.25, 0.3) is 10.9 Å². The lowest BCUT2D eigenvalue weighted by atomic mass is 10.0. The van der Waals surface area contributed by atoms with E-state index in [9.17, 15) is 9.18 Å². The highest BCUT2D eigenvalue weighted by Gasteiger charge is 2.26. The molecule has 3 heterocycles. The molecule has 1 aromatic carbocycles. The molecule has 1 unspecified atom stereocenters. The summed E-state index contributed by atoms with van der Waals surface area (Å²) in [6.07, 6.45) is 6.18. The Bertz CT molecular complexity index is 927. The molecule has 1 aliphatic heterocycles. The summed E-state index contributed by atoms with van der Waals surface area (Å²) >= 11 is 0. The van der Waals surface area contributed by atoms with E-state index < -0.39 is 6.67 Å². The van der Waals surface area contributed by atoms with Crippen LogP contribution < -0.4 is 10.6 Å². The molecule has 0 bridgehead atoms. The lowest BCUT2D eigenvalue weighted by molar-refractivity contribution is 0.0951. The number of rotatable bonds is 4. The standard InChI is InChI=1S/C18H18FN5O/c1-24-10-13(14-9-15-17(23-14)21-7-6-20-15)12-8-11(2-3-16(12)24)18(25)22-5-4-19/h2-3,6-8,10,14H,4-5,9H2,1H3,(H,21,23)(H,22,25). The van der Waals surface area contributed by atoms with Crippen molar-refractivity contribution >= 4 is 22.6 Å². The summed E-state index contributed by atoms with van der Waals surface area (Å²) in [4.78, 5) is 20.8. The van der Waals surface area contributed by atoms with Gasteiger partial charge in [-0.15, -0.1) is 0 Å². The van der Waals surface area contributed by atoms with E-state index in [0.29, 0.717) is 5.56 Å². The van der Waals surface area contributed by atoms with Gasteiger partial charge in [-0.05, 0) is 18.2 Å². The molecule has 0 fully saturated rings. The van der Waals surface area contributed by atoms with Gasteiger partial charge >= 0.3 is 0 Å². The van der Waals surface area contributed by atoms with Gasteiger partial charge in [-0.2, -0.15) is 0 Å². The Kier molecular flexibility index (Phi) is 3.83. The van der Waals surface area contributed by atoms with Gasteiger partial charge < -0.3 is 15.2 Å². The highest BCUT2D eigenvalue weighted by atomic mass is 19.1. The van der Waals surface area contributed by atoms with Gasteiger partial charge in [0.1, 0.15) is 12.5 Å². The summed E-state index contributed by atoms with van der Waals surface area (Å²) in [5.41, 5.74) is 3.61. The number of fused-ring (bicyclic) bond motifs is 2. The van der Waals surface area contributed by atoms with E-state index in [1.165, 1.54) is 0 Å². The van der Waals surface area contributed by atoms with Gasteiger partial charge in [0, 0.05) is 60.6 Å². The van der Waals surface area contributed by atoms with Gasteiger partial charge in [-0.1, -0.05) is 0 Å². The lowest BCUT2D eigenvalue weighted by Crippen LogP contribution is -2.25. The van der Waals surface area contributed by atoms with E-state index in [1.54, 1.807) is 18.5 Å². The molecule has 0 aliphatic carbocycles. The second-order valence-corrected chi connectivity index (χ2v) is 6.12. The maximum Gasteiger partial charge on any atom is 0.251 e. The highest BCUT2D eigenvalue weighted by Crippen LogP contribution is 2.35. The minimum absolute atomic E-state index is 0.0232. The number of nitrogens with one attached hydrogen (secondary N) is 2. The number of aromatic nitrogens is 3. The molecular weight excluding hydrogens is 321 g/mol. The minimum Gasteiger partial charge on any atom is -0.361 e. The molecule has 25 heavy (non-hydrogen) atoms. The van der Waals surface area contributed by atoms with E-state index in [1.807, 2.05) is 23.7 Å². The van der Waals surface area contributed by atoms with Crippen molar-refractivity contribution in [2.75, 3.05) is 18.5 Å². The molecule has 1 aliphatic rings. The number of halogens is 1. The van der Waals surface area contributed by atoms with Crippen molar-refractivity contribution in [1.82, 2.24) is 19.9 Å². The van der Waals surface area contributed by atoms with Crippen LogP contribution in [-0.4, -0.2) is 33.7 Å². The Labute approximate surface area is 144 Å². The molecule has 0 radical (unpaired) electrons. The van der Waals surface area contributed by atoms with Crippen LogP contribution >= 0.6 is 0 Å². The maximum atomic E-state index is 12.3. The van der Waals surface area contributed by atoms with E-state index >= 15 is 0 Å². The molecule has 0 spiro atoms. The Hall–Kier alpha value is -2.96. The highest BCUT2D eigenvalue weighted by molar-refractivity contribution is 5.99. The summed E-state index contributed by atoms with van der Waals surface area (Å²) < 4.78 is 14.3. The number of hydrogen-bond acceptors (Lipinski definition) is 4. The molecule has 7 heteroatoms. The first kappa shape index (κ1) is 15.6. The van der Waals surface area contributed by atoms with Crippen molar-refractivity contribution in [2.45, 2.75) is 12.5 Å². The first-order chi connectivity index (χ1) is 12.2. The zero-order valence-electron chi connectivity index (χ0n) is 13.8. The van der Waals surface area contributed by atoms with Gasteiger partial charge in [-0.3, -0.25) is 9.78 Å². The number of alkyl halides is 1. The van der Waals surface area contributed by atoms with Crippen LogP contribution in [0.5, 0.6) is 0 Å². The Balaban J connectivity index is 1.71. The third-order valence-corrected chi connectivity index (χ3v) is 4.52. The predicted octanol–water partition coefficient (Wildman–Crippen LogP) is 2.38. The third-order valence-electron chi connectivity index (χ3n) is 4.52. The fourth-order valence-electron chi connectivity index (χ4n) is 3.34. The maximum absolute atomic E-state index is 12.3. The topological polar surface area (TPSA) is 71.8 Å². The molecule has 0 saturated heterocycles. The largest absolute Gasteiger partial charge is 0.361 e. The second kappa shape index (κ2) is 6.16. The number of benzene rings is 1. The van der Waals surface area contributed by atoms with Crippen molar-refractivity contribution in [2.24, 2.45) is 7.05 Å². The van der Waals surface area contributed by atoms with Gasteiger partial charge in [-0.25, -0.2) is 9.37 Å². The van der Waals surface area contributed by atoms with Gasteiger partial charge in [0.05, 0.1) is 11.7 Å². The average molecular weight is 339 g/mol. The Morgan fingerprint density at radius 3 is 3.04 bits per heavy atom. The van der Waals surface area contributed by atoms with Crippen LogP contribution in [0.3, 0.4) is 0 Å². The lowest BCUT2D eigenvalue weighted by Gasteiger charge is -2.10. The first-order valence-electron chi connectivity index (χ1n) is 8.17. The molecule has 3 aromatic rings. The summed E-state index contributed by atoms with van der Waals surface area (Å²) in [5.74, 6) is 0.543. The molecular formula is C18H18FN5O. The van der Waals surface area contributed by atoms with Crippen molar-refractivity contribution in [3.05, 3.63) is 53.6 Å². The van der Waals surface area contributed by atoms with Crippen LogP contribution in [0.2, 0.25) is 0 Å². The van der Waals surface area contributed by atoms with Crippen LogP contribution in [-0.2, 0) is 13.5 Å². The number of hydrogen-bond donors (Lipinski definition) is 2. The molecule has 0 saturated carbocycles. The average Bonchev–Trinajstić information content (AvgIpc) is 3.20. The van der Waals surface area contributed by atoms with Crippen LogP contribution in [0.4, 0.5) is 10.2 Å². The normalized spacial score (nSPS) is 15.8. The van der Waals surface area contributed by atoms with Crippen LogP contribution in [0.1, 0.15) is 27.7 Å². The van der Waals surface area contributed by atoms with Crippen molar-refractivity contribution in [3.63, 3.8) is 0 Å². The molecule has 6 nitrogen and oxygen atoms in total. The number of anilines is 1. The molecule has 2 N–H and O–H groups in total. The SMILES string of the molecule is Cn1cc(C2Cc3nccnc3N2)c2cc(C(=O)NCCF)ccc21. The first-order valence-corrected chi connectivity index (χ1v) is 8.17. The van der Waals surface area contributed by atoms with Crippen molar-refractivity contribution in [3.8, 4) is 0 Å². The zero-order chi connectivity index (χ0) is 17.4. The summed E-state index contributed by atoms with van der Waals surface area (Å²) in [5, 5.41) is 6.97. The molecule has 1 atom stereocenters. The smallest absolute Gasteiger partial charge is 0.251 e. The van der Waals surface area contributed by atoms with E-state index in [2.05, 4.69) is 26.8 Å². The number of carbonyl (C=O) groups is 1. The van der Waals surface area contributed by atoms with Crippen LogP contribution in [0, 0.1) is 0 Å². The fraction of sp³-hybridized carbons (Fsp3) is 0.278. The molecule has 128 valence electrons. The Morgan fingerprint density at radius 2 is 2.24 bits per heavy atom. The van der Waals surface area contributed by atoms with E-state index in [-0.39, 0.29) is 18.5 Å². The molecule has 4 rings (SSSR count). The number of carbonyl (C=O) groups excluding carboxylic acids is 1. The van der Waals surface area contributed by atoms with Gasteiger partial charge in [0.2, 0.25) is 0 Å². The predicted molar refractivity (Wildman–Crippen MR) is 93.3 cm³/mol. The second-order valence-electron chi connectivity index (χ2n) is 6.12. The summed E-state index contributed by atoms with van der Waals surface area (Å²) in [6.45, 7) is -0.551. The van der Waals surface area contributed by atoms with Crippen LogP contribution in [0.15, 0.2) is 36.8 Å². The minimum atomic E-state index is -0.575. The number of amides is 1. The van der Waals surface area contributed by atoms with Gasteiger partial charge in [0.25, 0.3) is 5.91 Å².